The number of nitrogens with zero attached hydrogens (tertiary/aromatic N) is 1. The van der Waals surface area contributed by atoms with Crippen LogP contribution in [0, 0.1) is 13.8 Å². The van der Waals surface area contributed by atoms with Crippen LogP contribution in [0.5, 0.6) is 0 Å². The fraction of sp³-hybridized carbons (Fsp3) is 0.643. The monoisotopic (exact) mass is 266 g/mol. The Morgan fingerprint density at radius 2 is 2.11 bits per heavy atom. The second-order valence-electron chi connectivity index (χ2n) is 5.07. The van der Waals surface area contributed by atoms with E-state index in [1.807, 2.05) is 23.2 Å². The van der Waals surface area contributed by atoms with Crippen LogP contribution in [0.1, 0.15) is 35.1 Å². The molecule has 1 aromatic heterocycles. The van der Waals surface area contributed by atoms with Crippen LogP contribution in [-0.4, -0.2) is 29.9 Å². The standard InChI is InChI=1S/C14H22N2OS/c1-10-8-13(12(3)18-10)9-15-11(2)14(17)16-6-4-5-7-16/h8,11,15H,4-7,9H2,1-3H3. The second kappa shape index (κ2) is 5.85. The number of aryl methyl sites for hydroxylation is 2. The van der Waals surface area contributed by atoms with Gasteiger partial charge >= 0.3 is 0 Å². The zero-order valence-electron chi connectivity index (χ0n) is 11.5. The summed E-state index contributed by atoms with van der Waals surface area (Å²) >= 11 is 1.82. The van der Waals surface area contributed by atoms with Gasteiger partial charge in [-0.1, -0.05) is 0 Å². The van der Waals surface area contributed by atoms with Gasteiger partial charge in [-0.25, -0.2) is 0 Å². The third-order valence-electron chi connectivity index (χ3n) is 3.53. The minimum atomic E-state index is -0.0808. The van der Waals surface area contributed by atoms with Crippen LogP contribution in [0.3, 0.4) is 0 Å². The summed E-state index contributed by atoms with van der Waals surface area (Å²) in [4.78, 5) is 16.8. The van der Waals surface area contributed by atoms with E-state index in [-0.39, 0.29) is 11.9 Å². The summed E-state index contributed by atoms with van der Waals surface area (Å²) in [5.41, 5.74) is 1.32. The number of nitrogens with one attached hydrogen (secondary N) is 1. The average molecular weight is 266 g/mol. The summed E-state index contributed by atoms with van der Waals surface area (Å²) in [5, 5.41) is 3.35. The average Bonchev–Trinajstić information content (AvgIpc) is 2.95. The summed E-state index contributed by atoms with van der Waals surface area (Å²) in [6, 6.07) is 2.13. The molecule has 1 N–H and O–H groups in total. The Morgan fingerprint density at radius 3 is 2.67 bits per heavy atom. The van der Waals surface area contributed by atoms with Gasteiger partial charge in [-0.15, -0.1) is 11.3 Å². The van der Waals surface area contributed by atoms with E-state index >= 15 is 0 Å². The lowest BCUT2D eigenvalue weighted by molar-refractivity contribution is -0.131. The highest BCUT2D eigenvalue weighted by Gasteiger charge is 2.22. The third kappa shape index (κ3) is 3.12. The molecule has 0 radical (unpaired) electrons. The van der Waals surface area contributed by atoms with Crippen molar-refractivity contribution in [1.82, 2.24) is 10.2 Å². The first-order chi connectivity index (χ1) is 8.58. The van der Waals surface area contributed by atoms with Gasteiger partial charge < -0.3 is 10.2 Å². The summed E-state index contributed by atoms with van der Waals surface area (Å²) in [5.74, 6) is 0.247. The maximum Gasteiger partial charge on any atom is 0.239 e. The molecule has 1 unspecified atom stereocenters. The molecule has 4 heteroatoms. The molecule has 1 amide bonds. The van der Waals surface area contributed by atoms with Gasteiger partial charge in [0.15, 0.2) is 0 Å². The minimum Gasteiger partial charge on any atom is -0.341 e. The van der Waals surface area contributed by atoms with E-state index in [1.54, 1.807) is 0 Å². The highest BCUT2D eigenvalue weighted by atomic mass is 32.1. The van der Waals surface area contributed by atoms with E-state index in [2.05, 4.69) is 25.2 Å². The molecule has 1 aromatic rings. The largest absolute Gasteiger partial charge is 0.341 e. The number of likely N-dealkylation sites (tertiary alicyclic amines) is 1. The Labute approximate surface area is 113 Å². The van der Waals surface area contributed by atoms with E-state index in [9.17, 15) is 4.79 Å². The maximum atomic E-state index is 12.1. The number of carbonyl (C=O) groups excluding carboxylic acids is 1. The van der Waals surface area contributed by atoms with Gasteiger partial charge in [0.05, 0.1) is 6.04 Å². The number of amides is 1. The Morgan fingerprint density at radius 1 is 1.44 bits per heavy atom. The van der Waals surface area contributed by atoms with Crippen LogP contribution in [0.25, 0.3) is 0 Å². The van der Waals surface area contributed by atoms with Crippen LogP contribution in [0.4, 0.5) is 0 Å². The summed E-state index contributed by atoms with van der Waals surface area (Å²) in [7, 11) is 0. The van der Waals surface area contributed by atoms with Gasteiger partial charge in [-0.05, 0) is 45.2 Å². The summed E-state index contributed by atoms with van der Waals surface area (Å²) in [6.45, 7) is 8.89. The van der Waals surface area contributed by atoms with Crippen LogP contribution in [0.15, 0.2) is 6.07 Å². The first-order valence-corrected chi connectivity index (χ1v) is 7.47. The van der Waals surface area contributed by atoms with Gasteiger partial charge in [0.2, 0.25) is 5.91 Å². The molecule has 0 aromatic carbocycles. The smallest absolute Gasteiger partial charge is 0.239 e. The van der Waals surface area contributed by atoms with E-state index in [0.717, 1.165) is 32.5 Å². The highest BCUT2D eigenvalue weighted by Crippen LogP contribution is 2.20. The number of rotatable bonds is 4. The molecule has 2 rings (SSSR count). The topological polar surface area (TPSA) is 32.3 Å². The van der Waals surface area contributed by atoms with Crippen molar-refractivity contribution in [2.75, 3.05) is 13.1 Å². The van der Waals surface area contributed by atoms with Gasteiger partial charge in [0.25, 0.3) is 0 Å². The Balaban J connectivity index is 1.85. The molecule has 18 heavy (non-hydrogen) atoms. The number of thiophene rings is 1. The molecule has 1 fully saturated rings. The quantitative estimate of drug-likeness (QED) is 0.908. The van der Waals surface area contributed by atoms with Crippen molar-refractivity contribution >= 4 is 17.2 Å². The zero-order chi connectivity index (χ0) is 13.1. The summed E-state index contributed by atoms with van der Waals surface area (Å²) in [6.07, 6.45) is 2.31. The lowest BCUT2D eigenvalue weighted by Gasteiger charge is -2.21. The maximum absolute atomic E-state index is 12.1. The second-order valence-corrected chi connectivity index (χ2v) is 6.53. The van der Waals surface area contributed by atoms with Crippen LogP contribution >= 0.6 is 11.3 Å². The molecular weight excluding hydrogens is 244 g/mol. The van der Waals surface area contributed by atoms with Gasteiger partial charge in [-0.2, -0.15) is 0 Å². The van der Waals surface area contributed by atoms with E-state index < -0.39 is 0 Å². The van der Waals surface area contributed by atoms with Crippen molar-refractivity contribution in [3.63, 3.8) is 0 Å². The molecule has 0 saturated carbocycles. The van der Waals surface area contributed by atoms with Crippen molar-refractivity contribution in [2.45, 2.75) is 46.2 Å². The fourth-order valence-electron chi connectivity index (χ4n) is 2.42. The fourth-order valence-corrected chi connectivity index (χ4v) is 3.37. The molecule has 1 atom stereocenters. The molecule has 3 nitrogen and oxygen atoms in total. The Kier molecular flexibility index (Phi) is 4.40. The van der Waals surface area contributed by atoms with E-state index in [1.165, 1.54) is 15.3 Å². The van der Waals surface area contributed by atoms with Crippen molar-refractivity contribution < 1.29 is 4.79 Å². The van der Waals surface area contributed by atoms with Crippen molar-refractivity contribution in [1.29, 1.82) is 0 Å². The third-order valence-corrected chi connectivity index (χ3v) is 4.54. The molecule has 0 aliphatic carbocycles. The van der Waals surface area contributed by atoms with Crippen molar-refractivity contribution in [3.05, 3.63) is 21.4 Å². The summed E-state index contributed by atoms with van der Waals surface area (Å²) < 4.78 is 0. The molecule has 100 valence electrons. The predicted molar refractivity (Wildman–Crippen MR) is 75.9 cm³/mol. The SMILES string of the molecule is Cc1cc(CNC(C)C(=O)N2CCCC2)c(C)s1. The van der Waals surface area contributed by atoms with E-state index in [4.69, 9.17) is 0 Å². The van der Waals surface area contributed by atoms with Crippen LogP contribution in [0.2, 0.25) is 0 Å². The predicted octanol–water partition coefficient (Wildman–Crippen LogP) is 2.47. The lowest BCUT2D eigenvalue weighted by Crippen LogP contribution is -2.43. The van der Waals surface area contributed by atoms with Crippen molar-refractivity contribution in [3.8, 4) is 0 Å². The Bertz CT molecular complexity index is 421. The first-order valence-electron chi connectivity index (χ1n) is 6.66. The molecule has 1 saturated heterocycles. The number of hydrogen-bond donors (Lipinski definition) is 1. The minimum absolute atomic E-state index is 0.0808. The molecule has 0 bridgehead atoms. The number of carbonyl (C=O) groups is 1. The van der Waals surface area contributed by atoms with Gasteiger partial charge in [0.1, 0.15) is 0 Å². The van der Waals surface area contributed by atoms with Gasteiger partial charge in [0, 0.05) is 29.4 Å². The number of hydrogen-bond acceptors (Lipinski definition) is 3. The Hall–Kier alpha value is -0.870. The molecule has 0 spiro atoms. The molecule has 1 aliphatic heterocycles. The van der Waals surface area contributed by atoms with Crippen LogP contribution < -0.4 is 5.32 Å². The molecular formula is C14H22N2OS. The van der Waals surface area contributed by atoms with E-state index in [0.29, 0.717) is 0 Å². The lowest BCUT2D eigenvalue weighted by atomic mass is 10.2. The molecule has 1 aliphatic rings. The first kappa shape index (κ1) is 13.6. The normalized spacial score (nSPS) is 17.2. The van der Waals surface area contributed by atoms with Crippen molar-refractivity contribution in [2.24, 2.45) is 0 Å². The highest BCUT2D eigenvalue weighted by molar-refractivity contribution is 7.12. The molecule has 2 heterocycles. The zero-order valence-corrected chi connectivity index (χ0v) is 12.3. The van der Waals surface area contributed by atoms with Crippen LogP contribution in [-0.2, 0) is 11.3 Å². The van der Waals surface area contributed by atoms with Gasteiger partial charge in [-0.3, -0.25) is 4.79 Å².